The van der Waals surface area contributed by atoms with Crippen LogP contribution in [-0.4, -0.2) is 17.3 Å². The van der Waals surface area contributed by atoms with Crippen molar-refractivity contribution >= 4 is 0 Å². The van der Waals surface area contributed by atoms with E-state index in [1.807, 2.05) is 24.3 Å². The van der Waals surface area contributed by atoms with E-state index in [1.165, 1.54) is 43.2 Å². The van der Waals surface area contributed by atoms with Gasteiger partial charge in [-0.15, -0.1) is 10.2 Å². The highest BCUT2D eigenvalue weighted by atomic mass is 16.5. The van der Waals surface area contributed by atoms with Crippen molar-refractivity contribution < 1.29 is 9.15 Å². The first-order chi connectivity index (χ1) is 15.1. The van der Waals surface area contributed by atoms with Crippen LogP contribution in [0.25, 0.3) is 11.5 Å². The number of methoxy groups -OCH3 is 1. The maximum absolute atomic E-state index is 5.88. The number of hydrogen-bond acceptors (Lipinski definition) is 5. The molecule has 5 nitrogen and oxygen atoms in total. The number of hydrogen-bond donors (Lipinski definition) is 1. The van der Waals surface area contributed by atoms with Gasteiger partial charge in [0.2, 0.25) is 11.8 Å². The zero-order valence-electron chi connectivity index (χ0n) is 18.8. The Bertz CT molecular complexity index is 942. The molecule has 0 bridgehead atoms. The van der Waals surface area contributed by atoms with Gasteiger partial charge in [0.05, 0.1) is 13.7 Å². The van der Waals surface area contributed by atoms with Gasteiger partial charge in [-0.2, -0.15) is 0 Å². The third kappa shape index (κ3) is 5.34. The highest BCUT2D eigenvalue weighted by Crippen LogP contribution is 2.33. The molecule has 1 unspecified atom stereocenters. The molecule has 1 atom stereocenters. The Morgan fingerprint density at radius 3 is 2.32 bits per heavy atom. The molecule has 0 amide bonds. The average molecular weight is 420 g/mol. The van der Waals surface area contributed by atoms with E-state index in [1.54, 1.807) is 7.11 Å². The monoisotopic (exact) mass is 419 g/mol. The Balaban J connectivity index is 1.40. The van der Waals surface area contributed by atoms with Gasteiger partial charge in [-0.05, 0) is 60.1 Å². The number of benzene rings is 2. The number of ether oxygens (including phenoxy) is 1. The molecule has 0 saturated heterocycles. The highest BCUT2D eigenvalue weighted by Gasteiger charge is 2.19. The van der Waals surface area contributed by atoms with E-state index in [0.29, 0.717) is 24.2 Å². The molecule has 0 aliphatic heterocycles. The fraction of sp³-hybridized carbons (Fsp3) is 0.462. The molecule has 1 N–H and O–H groups in total. The lowest BCUT2D eigenvalue weighted by Crippen LogP contribution is -2.25. The van der Waals surface area contributed by atoms with Crippen LogP contribution in [-0.2, 0) is 6.54 Å². The van der Waals surface area contributed by atoms with E-state index in [2.05, 4.69) is 53.6 Å². The third-order valence-corrected chi connectivity index (χ3v) is 6.32. The molecular weight excluding hydrogens is 386 g/mol. The van der Waals surface area contributed by atoms with E-state index < -0.39 is 0 Å². The molecule has 2 aromatic carbocycles. The van der Waals surface area contributed by atoms with Crippen LogP contribution in [0.15, 0.2) is 52.9 Å². The molecule has 1 aromatic heterocycles. The predicted octanol–water partition coefficient (Wildman–Crippen LogP) is 6.28. The van der Waals surface area contributed by atoms with E-state index in [0.717, 1.165) is 17.2 Å². The molecule has 0 radical (unpaired) electrons. The van der Waals surface area contributed by atoms with Gasteiger partial charge in [-0.1, -0.05) is 57.4 Å². The van der Waals surface area contributed by atoms with Gasteiger partial charge in [0.15, 0.2) is 0 Å². The molecular formula is C26H33N3O2. The van der Waals surface area contributed by atoms with Crippen molar-refractivity contribution in [2.24, 2.45) is 5.92 Å². The second-order valence-electron chi connectivity index (χ2n) is 8.83. The van der Waals surface area contributed by atoms with Crippen LogP contribution >= 0.6 is 0 Å². The lowest BCUT2D eigenvalue weighted by Gasteiger charge is -2.25. The first kappa shape index (κ1) is 21.6. The second kappa shape index (κ2) is 10.1. The van der Waals surface area contributed by atoms with Crippen molar-refractivity contribution in [2.45, 2.75) is 64.5 Å². The van der Waals surface area contributed by atoms with Gasteiger partial charge in [-0.3, -0.25) is 0 Å². The van der Waals surface area contributed by atoms with E-state index >= 15 is 0 Å². The molecule has 1 aliphatic rings. The smallest absolute Gasteiger partial charge is 0.247 e. The van der Waals surface area contributed by atoms with Crippen LogP contribution in [0, 0.1) is 5.92 Å². The Morgan fingerprint density at radius 2 is 1.68 bits per heavy atom. The zero-order valence-corrected chi connectivity index (χ0v) is 18.8. The summed E-state index contributed by atoms with van der Waals surface area (Å²) in [5.74, 6) is 3.11. The van der Waals surface area contributed by atoms with Crippen molar-refractivity contribution in [3.05, 3.63) is 65.5 Å². The SMILES string of the molecule is COc1ccc(-c2nnc(CNC(c3ccc(C4CCCCC4)cc3)C(C)C)o2)cc1. The first-order valence-electron chi connectivity index (χ1n) is 11.4. The number of nitrogens with one attached hydrogen (secondary N) is 1. The van der Waals surface area contributed by atoms with Crippen molar-refractivity contribution in [2.75, 3.05) is 7.11 Å². The Kier molecular flexibility index (Phi) is 7.03. The van der Waals surface area contributed by atoms with E-state index in [9.17, 15) is 0 Å². The Hall–Kier alpha value is -2.66. The van der Waals surface area contributed by atoms with Crippen LogP contribution in [0.5, 0.6) is 5.75 Å². The molecule has 0 spiro atoms. The normalized spacial score (nSPS) is 15.9. The standard InChI is InChI=1S/C26H33N3O2/c1-18(2)25(21-11-9-20(10-12-21)19-7-5-4-6-8-19)27-17-24-28-29-26(31-24)22-13-15-23(30-3)16-14-22/h9-16,18-19,25,27H,4-8,17H2,1-3H3. The van der Waals surface area contributed by atoms with E-state index in [-0.39, 0.29) is 6.04 Å². The molecule has 1 saturated carbocycles. The van der Waals surface area contributed by atoms with Crippen LogP contribution in [0.1, 0.15) is 74.9 Å². The Morgan fingerprint density at radius 1 is 0.968 bits per heavy atom. The predicted molar refractivity (Wildman–Crippen MR) is 123 cm³/mol. The lowest BCUT2D eigenvalue weighted by molar-refractivity contribution is 0.380. The molecule has 5 heteroatoms. The van der Waals surface area contributed by atoms with Crippen molar-refractivity contribution in [3.63, 3.8) is 0 Å². The summed E-state index contributed by atoms with van der Waals surface area (Å²) in [6.45, 7) is 5.02. The van der Waals surface area contributed by atoms with Gasteiger partial charge in [0.25, 0.3) is 0 Å². The van der Waals surface area contributed by atoms with Gasteiger partial charge in [0.1, 0.15) is 5.75 Å². The van der Waals surface area contributed by atoms with Crippen LogP contribution in [0.3, 0.4) is 0 Å². The molecule has 1 heterocycles. The maximum Gasteiger partial charge on any atom is 0.247 e. The summed E-state index contributed by atoms with van der Waals surface area (Å²) in [4.78, 5) is 0. The average Bonchev–Trinajstić information content (AvgIpc) is 3.29. The topological polar surface area (TPSA) is 60.2 Å². The Labute approximate surface area is 185 Å². The summed E-state index contributed by atoms with van der Waals surface area (Å²) in [7, 11) is 1.65. The van der Waals surface area contributed by atoms with Crippen LogP contribution in [0.4, 0.5) is 0 Å². The highest BCUT2D eigenvalue weighted by molar-refractivity contribution is 5.53. The molecule has 31 heavy (non-hydrogen) atoms. The van der Waals surface area contributed by atoms with Gasteiger partial charge >= 0.3 is 0 Å². The summed E-state index contributed by atoms with van der Waals surface area (Å²) in [5.41, 5.74) is 3.69. The molecule has 1 aliphatic carbocycles. The van der Waals surface area contributed by atoms with Gasteiger partial charge in [-0.25, -0.2) is 0 Å². The fourth-order valence-electron chi connectivity index (χ4n) is 4.52. The largest absolute Gasteiger partial charge is 0.497 e. The molecule has 4 rings (SSSR count). The minimum atomic E-state index is 0.233. The third-order valence-electron chi connectivity index (χ3n) is 6.32. The first-order valence-corrected chi connectivity index (χ1v) is 11.4. The van der Waals surface area contributed by atoms with E-state index in [4.69, 9.17) is 9.15 Å². The second-order valence-corrected chi connectivity index (χ2v) is 8.83. The minimum absolute atomic E-state index is 0.233. The van der Waals surface area contributed by atoms with Crippen molar-refractivity contribution in [1.29, 1.82) is 0 Å². The summed E-state index contributed by atoms with van der Waals surface area (Å²) >= 11 is 0. The molecule has 3 aromatic rings. The minimum Gasteiger partial charge on any atom is -0.497 e. The number of rotatable bonds is 8. The lowest BCUT2D eigenvalue weighted by atomic mass is 9.83. The fourth-order valence-corrected chi connectivity index (χ4v) is 4.52. The summed E-state index contributed by atoms with van der Waals surface area (Å²) in [6.07, 6.45) is 6.79. The quantitative estimate of drug-likeness (QED) is 0.465. The van der Waals surface area contributed by atoms with Crippen LogP contribution < -0.4 is 10.1 Å². The van der Waals surface area contributed by atoms with Gasteiger partial charge in [0, 0.05) is 11.6 Å². The summed E-state index contributed by atoms with van der Waals surface area (Å²) in [6, 6.07) is 17.1. The summed E-state index contributed by atoms with van der Waals surface area (Å²) in [5, 5.41) is 12.0. The molecule has 1 fully saturated rings. The zero-order chi connectivity index (χ0) is 21.6. The van der Waals surface area contributed by atoms with Crippen molar-refractivity contribution in [1.82, 2.24) is 15.5 Å². The summed E-state index contributed by atoms with van der Waals surface area (Å²) < 4.78 is 11.1. The molecule has 164 valence electrons. The van der Waals surface area contributed by atoms with Crippen LogP contribution in [0.2, 0.25) is 0 Å². The van der Waals surface area contributed by atoms with Crippen molar-refractivity contribution in [3.8, 4) is 17.2 Å². The number of aromatic nitrogens is 2. The maximum atomic E-state index is 5.88. The van der Waals surface area contributed by atoms with Gasteiger partial charge < -0.3 is 14.5 Å². The number of nitrogens with zero attached hydrogens (tertiary/aromatic N) is 2.